The van der Waals surface area contributed by atoms with Crippen LogP contribution in [0.15, 0.2) is 23.3 Å². The first-order chi connectivity index (χ1) is 9.22. The topological polar surface area (TPSA) is 84.3 Å². The van der Waals surface area contributed by atoms with Crippen LogP contribution in [0, 0.1) is 11.8 Å². The molecule has 1 aromatic carbocycles. The largest absolute Gasteiger partial charge is 0.495 e. The van der Waals surface area contributed by atoms with Crippen LogP contribution >= 0.6 is 0 Å². The molecule has 0 aliphatic heterocycles. The van der Waals surface area contributed by atoms with E-state index in [1.165, 1.54) is 14.2 Å². The van der Waals surface area contributed by atoms with E-state index in [1.54, 1.807) is 18.2 Å². The highest BCUT2D eigenvalue weighted by Gasteiger charge is 2.08. The predicted molar refractivity (Wildman–Crippen MR) is 69.8 cm³/mol. The molecule has 0 heterocycles. The maximum Gasteiger partial charge on any atom is 0.337 e. The Morgan fingerprint density at radius 1 is 1.47 bits per heavy atom. The quantitative estimate of drug-likeness (QED) is 0.208. The van der Waals surface area contributed by atoms with Gasteiger partial charge in [-0.15, -0.1) is 0 Å². The fraction of sp³-hybridized carbons (Fsp3) is 0.308. The fourth-order valence-corrected chi connectivity index (χ4v) is 1.35. The second-order valence-corrected chi connectivity index (χ2v) is 3.41. The van der Waals surface area contributed by atoms with Gasteiger partial charge in [0.25, 0.3) is 0 Å². The van der Waals surface area contributed by atoms with E-state index < -0.39 is 5.97 Å². The summed E-state index contributed by atoms with van der Waals surface area (Å²) in [6.07, 6.45) is 0.464. The number of benzene rings is 1. The zero-order valence-electron chi connectivity index (χ0n) is 10.7. The Labute approximate surface area is 111 Å². The molecule has 0 saturated heterocycles. The van der Waals surface area contributed by atoms with Crippen molar-refractivity contribution in [3.63, 3.8) is 0 Å². The molecule has 1 aromatic rings. The van der Waals surface area contributed by atoms with E-state index in [-0.39, 0.29) is 0 Å². The number of hydrogen-bond donors (Lipinski definition) is 0. The number of carbonyl (C=O) groups is 1. The summed E-state index contributed by atoms with van der Waals surface area (Å²) in [6.45, 7) is 0.325. The third-order valence-corrected chi connectivity index (χ3v) is 2.25. The molecule has 19 heavy (non-hydrogen) atoms. The smallest absolute Gasteiger partial charge is 0.337 e. The number of rotatable bonds is 4. The SMILES string of the molecule is COC(=O)c1ccc(C#CCCN=[N+]=[N-])c(OC)c1. The molecule has 1 rings (SSSR count). The van der Waals surface area contributed by atoms with E-state index in [4.69, 9.17) is 10.3 Å². The van der Waals surface area contributed by atoms with Crippen molar-refractivity contribution in [3.8, 4) is 17.6 Å². The van der Waals surface area contributed by atoms with Crippen molar-refractivity contribution in [2.45, 2.75) is 6.42 Å². The van der Waals surface area contributed by atoms with E-state index in [0.29, 0.717) is 29.8 Å². The second kappa shape index (κ2) is 7.64. The van der Waals surface area contributed by atoms with Crippen molar-refractivity contribution in [1.29, 1.82) is 0 Å². The molecule has 0 amide bonds. The number of carbonyl (C=O) groups excluding carboxylic acids is 1. The Morgan fingerprint density at radius 3 is 2.89 bits per heavy atom. The van der Waals surface area contributed by atoms with Crippen LogP contribution < -0.4 is 4.74 Å². The molecule has 0 aliphatic carbocycles. The Balaban J connectivity index is 2.89. The molecule has 0 radical (unpaired) electrons. The molecule has 0 aromatic heterocycles. The number of nitrogens with zero attached hydrogens (tertiary/aromatic N) is 3. The van der Waals surface area contributed by atoms with Gasteiger partial charge in [-0.25, -0.2) is 4.79 Å². The Morgan fingerprint density at radius 2 is 2.26 bits per heavy atom. The first-order valence-electron chi connectivity index (χ1n) is 5.49. The number of esters is 1. The van der Waals surface area contributed by atoms with Crippen molar-refractivity contribution < 1.29 is 14.3 Å². The van der Waals surface area contributed by atoms with Crippen LogP contribution in [0.3, 0.4) is 0 Å². The lowest BCUT2D eigenvalue weighted by atomic mass is 10.1. The van der Waals surface area contributed by atoms with Crippen LogP contribution in [0.2, 0.25) is 0 Å². The second-order valence-electron chi connectivity index (χ2n) is 3.41. The number of methoxy groups -OCH3 is 2. The number of hydrogen-bond acceptors (Lipinski definition) is 4. The lowest BCUT2D eigenvalue weighted by molar-refractivity contribution is 0.0600. The first-order valence-corrected chi connectivity index (χ1v) is 5.49. The molecule has 0 spiro atoms. The van der Waals surface area contributed by atoms with Crippen LogP contribution in [0.4, 0.5) is 0 Å². The molecule has 6 nitrogen and oxygen atoms in total. The van der Waals surface area contributed by atoms with Crippen molar-refractivity contribution in [2.75, 3.05) is 20.8 Å². The van der Waals surface area contributed by atoms with E-state index >= 15 is 0 Å². The summed E-state index contributed by atoms with van der Waals surface area (Å²) in [7, 11) is 2.82. The van der Waals surface area contributed by atoms with Crippen LogP contribution in [0.5, 0.6) is 5.75 Å². The standard InChI is InChI=1S/C13H13N3O3/c1-18-12-9-11(13(17)19-2)7-6-10(12)5-3-4-8-15-16-14/h6-7,9H,4,8H2,1-2H3. The van der Waals surface area contributed by atoms with Gasteiger partial charge in [0.2, 0.25) is 0 Å². The van der Waals surface area contributed by atoms with Gasteiger partial charge >= 0.3 is 5.97 Å². The predicted octanol–water partition coefficient (Wildman–Crippen LogP) is 2.53. The zero-order valence-corrected chi connectivity index (χ0v) is 10.7. The van der Waals surface area contributed by atoms with Crippen LogP contribution in [-0.4, -0.2) is 26.7 Å². The monoisotopic (exact) mass is 259 g/mol. The molecule has 0 unspecified atom stereocenters. The molecule has 0 atom stereocenters. The minimum atomic E-state index is -0.429. The van der Waals surface area contributed by atoms with Gasteiger partial charge in [-0.1, -0.05) is 17.0 Å². The summed E-state index contributed by atoms with van der Waals surface area (Å²) in [4.78, 5) is 14.0. The van der Waals surface area contributed by atoms with Gasteiger partial charge in [0.1, 0.15) is 5.75 Å². The molecule has 0 bridgehead atoms. The van der Waals surface area contributed by atoms with Gasteiger partial charge in [-0.05, 0) is 23.7 Å². The number of azide groups is 1. The third kappa shape index (κ3) is 4.26. The summed E-state index contributed by atoms with van der Waals surface area (Å²) in [5.41, 5.74) is 9.18. The van der Waals surface area contributed by atoms with Crippen LogP contribution in [0.25, 0.3) is 10.4 Å². The highest BCUT2D eigenvalue weighted by molar-refractivity contribution is 5.90. The Kier molecular flexibility index (Phi) is 5.80. The zero-order chi connectivity index (χ0) is 14.1. The van der Waals surface area contributed by atoms with Gasteiger partial charge in [0.15, 0.2) is 0 Å². The van der Waals surface area contributed by atoms with Crippen LogP contribution in [-0.2, 0) is 4.74 Å². The van der Waals surface area contributed by atoms with Gasteiger partial charge in [-0.3, -0.25) is 0 Å². The van der Waals surface area contributed by atoms with Crippen molar-refractivity contribution in [3.05, 3.63) is 39.8 Å². The minimum Gasteiger partial charge on any atom is -0.495 e. The third-order valence-electron chi connectivity index (χ3n) is 2.25. The Hall–Kier alpha value is -2.64. The molecule has 98 valence electrons. The van der Waals surface area contributed by atoms with Crippen molar-refractivity contribution >= 4 is 5.97 Å². The lowest BCUT2D eigenvalue weighted by Gasteiger charge is -2.05. The average molecular weight is 259 g/mol. The highest BCUT2D eigenvalue weighted by Crippen LogP contribution is 2.19. The highest BCUT2D eigenvalue weighted by atomic mass is 16.5. The molecule has 6 heteroatoms. The summed E-state index contributed by atoms with van der Waals surface area (Å²) in [5, 5.41) is 3.38. The van der Waals surface area contributed by atoms with E-state index in [1.807, 2.05) is 0 Å². The molecule has 0 aliphatic rings. The van der Waals surface area contributed by atoms with E-state index in [9.17, 15) is 4.79 Å². The fourth-order valence-electron chi connectivity index (χ4n) is 1.35. The van der Waals surface area contributed by atoms with Gasteiger partial charge in [0, 0.05) is 17.9 Å². The Bertz CT molecular complexity index is 566. The molecule has 0 fully saturated rings. The lowest BCUT2D eigenvalue weighted by Crippen LogP contribution is -2.02. The van der Waals surface area contributed by atoms with E-state index in [0.717, 1.165) is 0 Å². The summed E-state index contributed by atoms with van der Waals surface area (Å²) in [5.74, 6) is 5.83. The summed E-state index contributed by atoms with van der Waals surface area (Å²) >= 11 is 0. The number of ether oxygens (including phenoxy) is 2. The maximum absolute atomic E-state index is 11.4. The van der Waals surface area contributed by atoms with Crippen LogP contribution in [0.1, 0.15) is 22.3 Å². The van der Waals surface area contributed by atoms with Gasteiger partial charge in [-0.2, -0.15) is 0 Å². The molecule has 0 N–H and O–H groups in total. The summed E-state index contributed by atoms with van der Waals surface area (Å²) in [6, 6.07) is 4.88. The maximum atomic E-state index is 11.4. The minimum absolute atomic E-state index is 0.325. The van der Waals surface area contributed by atoms with Crippen molar-refractivity contribution in [2.24, 2.45) is 5.11 Å². The van der Waals surface area contributed by atoms with E-state index in [2.05, 4.69) is 26.6 Å². The first kappa shape index (κ1) is 14.4. The van der Waals surface area contributed by atoms with Gasteiger partial charge < -0.3 is 9.47 Å². The molecular weight excluding hydrogens is 246 g/mol. The summed E-state index contributed by atoms with van der Waals surface area (Å²) < 4.78 is 9.79. The molecular formula is C13H13N3O3. The normalized spacial score (nSPS) is 8.74. The van der Waals surface area contributed by atoms with Gasteiger partial charge in [0.05, 0.1) is 25.3 Å². The average Bonchev–Trinajstić information content (AvgIpc) is 2.46. The van der Waals surface area contributed by atoms with Crippen molar-refractivity contribution in [1.82, 2.24) is 0 Å². The molecule has 0 saturated carbocycles.